The minimum Gasteiger partial charge on any atom is -0.546 e. The van der Waals surface area contributed by atoms with Crippen LogP contribution in [0.15, 0.2) is 35.3 Å². The van der Waals surface area contributed by atoms with Crippen molar-refractivity contribution in [1.82, 2.24) is 9.88 Å². The van der Waals surface area contributed by atoms with Gasteiger partial charge in [0.2, 0.25) is 9.04 Å². The predicted octanol–water partition coefficient (Wildman–Crippen LogP) is 6.88. The Kier molecular flexibility index (Phi) is 7.34. The number of carbonyl (C=O) groups excluding carboxylic acids is 1. The molecular formula is C34H45N3O3SSi. The molecule has 42 heavy (non-hydrogen) atoms. The molecule has 1 aromatic heterocycles. The molecule has 0 N–H and O–H groups in total. The van der Waals surface area contributed by atoms with E-state index in [2.05, 4.69) is 68.0 Å². The van der Waals surface area contributed by atoms with Crippen molar-refractivity contribution in [2.45, 2.75) is 88.5 Å². The Morgan fingerprint density at radius 2 is 1.67 bits per heavy atom. The van der Waals surface area contributed by atoms with Crippen molar-refractivity contribution in [1.29, 1.82) is 0 Å². The number of pyridine rings is 1. The first kappa shape index (κ1) is 28.6. The second-order valence-electron chi connectivity index (χ2n) is 14.8. The highest BCUT2D eigenvalue weighted by Gasteiger charge is 2.54. The van der Waals surface area contributed by atoms with Crippen LogP contribution in [0.25, 0.3) is 11.3 Å². The Morgan fingerprint density at radius 3 is 2.29 bits per heavy atom. The third-order valence-electron chi connectivity index (χ3n) is 10.1. The summed E-state index contributed by atoms with van der Waals surface area (Å²) in [6.45, 7) is 14.5. The summed E-state index contributed by atoms with van der Waals surface area (Å²) in [6, 6.07) is 10.8. The molecule has 8 rings (SSSR count). The van der Waals surface area contributed by atoms with Gasteiger partial charge in [-0.1, -0.05) is 44.7 Å². The van der Waals surface area contributed by atoms with Crippen molar-refractivity contribution >= 4 is 31.9 Å². The normalized spacial score (nSPS) is 30.8. The third-order valence-corrected chi connectivity index (χ3v) is 12.1. The van der Waals surface area contributed by atoms with Crippen LogP contribution in [-0.4, -0.2) is 56.3 Å². The van der Waals surface area contributed by atoms with E-state index >= 15 is 0 Å². The molecular weight excluding hydrogens is 559 g/mol. The Bertz CT molecular complexity index is 1380. The SMILES string of the molecule is C[SiH](C)Oc1c(-c2cccc(C3SC(N4CCOCC4)=NC3=O)n2)ccc(C(C)(C)C)c1C12CC3CC(CC(C3)C1)C2. The molecule has 0 spiro atoms. The van der Waals surface area contributed by atoms with Gasteiger partial charge in [-0.3, -0.25) is 9.78 Å². The molecule has 1 saturated heterocycles. The summed E-state index contributed by atoms with van der Waals surface area (Å²) in [7, 11) is -1.44. The Balaban J connectivity index is 1.31. The molecule has 6 aliphatic rings. The molecule has 5 fully saturated rings. The second-order valence-corrected chi connectivity index (χ2v) is 18.2. The van der Waals surface area contributed by atoms with Gasteiger partial charge in [0.15, 0.2) is 5.17 Å². The van der Waals surface area contributed by atoms with E-state index < -0.39 is 14.3 Å². The van der Waals surface area contributed by atoms with Crippen LogP contribution in [-0.2, 0) is 20.4 Å². The first-order valence-electron chi connectivity index (χ1n) is 16.0. The number of amides is 1. The molecule has 4 saturated carbocycles. The number of morpholine rings is 1. The van der Waals surface area contributed by atoms with E-state index in [-0.39, 0.29) is 16.7 Å². The van der Waals surface area contributed by atoms with Crippen LogP contribution in [0.5, 0.6) is 5.75 Å². The molecule has 4 aliphatic carbocycles. The van der Waals surface area contributed by atoms with Crippen molar-refractivity contribution < 1.29 is 14.0 Å². The lowest BCUT2D eigenvalue weighted by Crippen LogP contribution is -2.49. The van der Waals surface area contributed by atoms with E-state index in [4.69, 9.17) is 14.1 Å². The number of aromatic nitrogens is 1. The lowest BCUT2D eigenvalue weighted by atomic mass is 9.47. The molecule has 6 nitrogen and oxygen atoms in total. The van der Waals surface area contributed by atoms with Crippen LogP contribution in [0.2, 0.25) is 13.1 Å². The van der Waals surface area contributed by atoms with Gasteiger partial charge in [0, 0.05) is 29.6 Å². The summed E-state index contributed by atoms with van der Waals surface area (Å²) in [5, 5.41) is 0.386. The Morgan fingerprint density at radius 1 is 1.00 bits per heavy atom. The number of thioether (sulfide) groups is 1. The maximum Gasteiger partial charge on any atom is 0.267 e. The first-order chi connectivity index (χ1) is 20.1. The molecule has 8 heteroatoms. The lowest BCUT2D eigenvalue weighted by Gasteiger charge is -2.58. The van der Waals surface area contributed by atoms with Gasteiger partial charge in [-0.05, 0) is 98.6 Å². The molecule has 224 valence electrons. The molecule has 4 bridgehead atoms. The summed E-state index contributed by atoms with van der Waals surface area (Å²) in [4.78, 5) is 24.9. The van der Waals surface area contributed by atoms with Crippen molar-refractivity contribution in [2.24, 2.45) is 22.7 Å². The van der Waals surface area contributed by atoms with Crippen LogP contribution >= 0.6 is 11.8 Å². The summed E-state index contributed by atoms with van der Waals surface area (Å²) in [6.07, 6.45) is 8.15. The highest BCUT2D eigenvalue weighted by molar-refractivity contribution is 8.15. The molecule has 2 aromatic rings. The number of amidine groups is 1. The molecule has 1 atom stereocenters. The molecule has 1 aromatic carbocycles. The zero-order chi connectivity index (χ0) is 29.2. The largest absolute Gasteiger partial charge is 0.546 e. The highest BCUT2D eigenvalue weighted by Crippen LogP contribution is 2.63. The number of carbonyl (C=O) groups is 1. The van der Waals surface area contributed by atoms with Gasteiger partial charge in [0.05, 0.1) is 24.6 Å². The average Bonchev–Trinajstić information content (AvgIpc) is 3.33. The van der Waals surface area contributed by atoms with E-state index in [0.717, 1.165) is 58.7 Å². The number of hydrogen-bond donors (Lipinski definition) is 0. The van der Waals surface area contributed by atoms with Crippen molar-refractivity contribution in [3.05, 3.63) is 47.2 Å². The van der Waals surface area contributed by atoms with E-state index in [9.17, 15) is 4.79 Å². The minimum absolute atomic E-state index is 0.0171. The van der Waals surface area contributed by atoms with Gasteiger partial charge in [0.25, 0.3) is 5.91 Å². The highest BCUT2D eigenvalue weighted by atomic mass is 32.2. The topological polar surface area (TPSA) is 64.0 Å². The van der Waals surface area contributed by atoms with Gasteiger partial charge in [-0.2, -0.15) is 4.99 Å². The second kappa shape index (κ2) is 10.8. The molecule has 0 radical (unpaired) electrons. The number of benzene rings is 1. The smallest absolute Gasteiger partial charge is 0.267 e. The van der Waals surface area contributed by atoms with Crippen LogP contribution in [0.1, 0.15) is 81.4 Å². The standard InChI is InChI=1S/C34H45N3O3SSi/c1-33(2,3)25-10-9-24(29(40-42(4)5)28(25)34-18-21-15-22(19-34)17-23(16-21)20-34)26-7-6-8-27(35-26)30-31(38)36-32(41-30)37-11-13-39-14-12-37/h6-10,21-23,30,42H,11-20H2,1-5H3. The fourth-order valence-corrected chi connectivity index (χ4v) is 10.7. The molecule has 1 amide bonds. The van der Waals surface area contributed by atoms with Crippen molar-refractivity contribution in [2.75, 3.05) is 26.3 Å². The molecule has 3 heterocycles. The lowest BCUT2D eigenvalue weighted by molar-refractivity contribution is -0.117. The van der Waals surface area contributed by atoms with E-state index in [1.807, 2.05) is 6.07 Å². The predicted molar refractivity (Wildman–Crippen MR) is 173 cm³/mol. The van der Waals surface area contributed by atoms with E-state index in [1.165, 1.54) is 61.4 Å². The van der Waals surface area contributed by atoms with Gasteiger partial charge in [-0.15, -0.1) is 0 Å². The van der Waals surface area contributed by atoms with Crippen LogP contribution < -0.4 is 4.43 Å². The maximum atomic E-state index is 13.1. The summed E-state index contributed by atoms with van der Waals surface area (Å²) in [5.74, 6) is 3.53. The van der Waals surface area contributed by atoms with Gasteiger partial charge in [-0.25, -0.2) is 0 Å². The number of aliphatic imine (C=N–C) groups is 1. The zero-order valence-electron chi connectivity index (χ0n) is 25.8. The van der Waals surface area contributed by atoms with Crippen LogP contribution in [0, 0.1) is 17.8 Å². The first-order valence-corrected chi connectivity index (χ1v) is 19.7. The van der Waals surface area contributed by atoms with E-state index in [0.29, 0.717) is 13.2 Å². The number of ether oxygens (including phenoxy) is 1. The summed E-state index contributed by atoms with van der Waals surface area (Å²) < 4.78 is 12.5. The monoisotopic (exact) mass is 603 g/mol. The zero-order valence-corrected chi connectivity index (χ0v) is 27.8. The van der Waals surface area contributed by atoms with Crippen molar-refractivity contribution in [3.8, 4) is 17.0 Å². The summed E-state index contributed by atoms with van der Waals surface area (Å²) in [5.41, 5.74) is 5.91. The molecule has 1 unspecified atom stereocenters. The minimum atomic E-state index is -1.44. The van der Waals surface area contributed by atoms with Crippen LogP contribution in [0.4, 0.5) is 0 Å². The maximum absolute atomic E-state index is 13.1. The average molecular weight is 604 g/mol. The molecule has 2 aliphatic heterocycles. The quantitative estimate of drug-likeness (QED) is 0.347. The number of rotatable bonds is 5. The van der Waals surface area contributed by atoms with Crippen LogP contribution in [0.3, 0.4) is 0 Å². The fourth-order valence-electron chi connectivity index (χ4n) is 8.88. The van der Waals surface area contributed by atoms with Crippen molar-refractivity contribution in [3.63, 3.8) is 0 Å². The fraction of sp³-hybridized carbons (Fsp3) is 0.618. The Labute approximate surface area is 256 Å². The Hall–Kier alpha value is -2.16. The third kappa shape index (κ3) is 5.15. The van der Waals surface area contributed by atoms with Gasteiger partial charge in [0.1, 0.15) is 11.0 Å². The number of nitrogens with zero attached hydrogens (tertiary/aromatic N) is 3. The summed E-state index contributed by atoms with van der Waals surface area (Å²) >= 11 is 1.53. The van der Waals surface area contributed by atoms with Gasteiger partial charge >= 0.3 is 0 Å². The number of hydrogen-bond acceptors (Lipinski definition) is 6. The van der Waals surface area contributed by atoms with E-state index in [1.54, 1.807) is 0 Å². The van der Waals surface area contributed by atoms with Gasteiger partial charge < -0.3 is 14.1 Å².